The first kappa shape index (κ1) is 13.7. The van der Waals surface area contributed by atoms with Gasteiger partial charge >= 0.3 is 0 Å². The first-order chi connectivity index (χ1) is 9.13. The first-order valence-corrected chi connectivity index (χ1v) is 6.31. The molecule has 4 heteroatoms. The number of ether oxygens (including phenoxy) is 1. The summed E-state index contributed by atoms with van der Waals surface area (Å²) in [6, 6.07) is 10.4. The van der Waals surface area contributed by atoms with Gasteiger partial charge in [-0.15, -0.1) is 0 Å². The summed E-state index contributed by atoms with van der Waals surface area (Å²) in [5.41, 5.74) is 2.20. The normalized spacial score (nSPS) is 10.3. The fourth-order valence-corrected chi connectivity index (χ4v) is 2.12. The van der Waals surface area contributed by atoms with E-state index in [1.54, 1.807) is 26.2 Å². The van der Waals surface area contributed by atoms with Crippen molar-refractivity contribution < 1.29 is 9.13 Å². The highest BCUT2D eigenvalue weighted by atomic mass is 35.5. The van der Waals surface area contributed by atoms with Gasteiger partial charge in [-0.2, -0.15) is 0 Å². The van der Waals surface area contributed by atoms with E-state index in [1.807, 2.05) is 18.2 Å². The lowest BCUT2D eigenvalue weighted by Crippen LogP contribution is -2.04. The summed E-state index contributed by atoms with van der Waals surface area (Å²) in [5.74, 6) is 0.491. The number of methoxy groups -OCH3 is 1. The second kappa shape index (κ2) is 5.93. The molecular weight excluding hydrogens is 265 g/mol. The van der Waals surface area contributed by atoms with E-state index in [-0.39, 0.29) is 5.82 Å². The summed E-state index contributed by atoms with van der Waals surface area (Å²) in [7, 11) is 1.60. The molecule has 0 heterocycles. The van der Waals surface area contributed by atoms with Crippen molar-refractivity contribution in [1.82, 2.24) is 0 Å². The number of nitrogens with one attached hydrogen (secondary N) is 1. The predicted molar refractivity (Wildman–Crippen MR) is 76.5 cm³/mol. The van der Waals surface area contributed by atoms with Gasteiger partial charge in [0, 0.05) is 28.4 Å². The topological polar surface area (TPSA) is 21.3 Å². The molecule has 0 aliphatic carbocycles. The van der Waals surface area contributed by atoms with E-state index in [9.17, 15) is 4.39 Å². The predicted octanol–water partition coefficient (Wildman–Crippen LogP) is 4.41. The highest BCUT2D eigenvalue weighted by Gasteiger charge is 2.09. The van der Waals surface area contributed by atoms with Crippen LogP contribution in [-0.4, -0.2) is 7.11 Å². The van der Waals surface area contributed by atoms with Gasteiger partial charge in [-0.3, -0.25) is 0 Å². The van der Waals surface area contributed by atoms with E-state index in [2.05, 4.69) is 5.32 Å². The molecule has 2 aromatic rings. The van der Waals surface area contributed by atoms with Crippen molar-refractivity contribution in [3.05, 3.63) is 58.4 Å². The first-order valence-electron chi connectivity index (χ1n) is 5.94. The van der Waals surface area contributed by atoms with Crippen LogP contribution in [0, 0.1) is 12.7 Å². The molecule has 0 fully saturated rings. The summed E-state index contributed by atoms with van der Waals surface area (Å²) in [4.78, 5) is 0. The Kier molecular flexibility index (Phi) is 4.27. The van der Waals surface area contributed by atoms with E-state index >= 15 is 0 Å². The monoisotopic (exact) mass is 279 g/mol. The van der Waals surface area contributed by atoms with Crippen LogP contribution in [0.15, 0.2) is 36.4 Å². The summed E-state index contributed by atoms with van der Waals surface area (Å²) >= 11 is 6.15. The van der Waals surface area contributed by atoms with Crippen molar-refractivity contribution in [2.45, 2.75) is 13.5 Å². The Hall–Kier alpha value is -1.74. The molecule has 100 valence electrons. The van der Waals surface area contributed by atoms with Gasteiger partial charge in [0.1, 0.15) is 11.6 Å². The van der Waals surface area contributed by atoms with Gasteiger partial charge in [0.2, 0.25) is 0 Å². The Labute approximate surface area is 117 Å². The SMILES string of the molecule is COc1cccc(Cl)c1CNc1cccc(F)c1C. The van der Waals surface area contributed by atoms with Crippen LogP contribution in [0.4, 0.5) is 10.1 Å². The van der Waals surface area contributed by atoms with Crippen LogP contribution in [0.5, 0.6) is 5.75 Å². The summed E-state index contributed by atoms with van der Waals surface area (Å²) < 4.78 is 18.7. The molecule has 0 saturated heterocycles. The molecule has 2 nitrogen and oxygen atoms in total. The van der Waals surface area contributed by atoms with E-state index in [0.29, 0.717) is 22.9 Å². The van der Waals surface area contributed by atoms with Gasteiger partial charge in [0.15, 0.2) is 0 Å². The van der Waals surface area contributed by atoms with Crippen LogP contribution in [-0.2, 0) is 6.54 Å². The largest absolute Gasteiger partial charge is 0.496 e. The minimum Gasteiger partial charge on any atom is -0.496 e. The quantitative estimate of drug-likeness (QED) is 0.895. The standard InChI is InChI=1S/C15H15ClFNO/c1-10-13(17)6-4-7-14(10)18-9-11-12(16)5-3-8-15(11)19-2/h3-8,18H,9H2,1-2H3. The van der Waals surface area contributed by atoms with Crippen molar-refractivity contribution in [1.29, 1.82) is 0 Å². The molecule has 2 rings (SSSR count). The Bertz CT molecular complexity index is 586. The van der Waals surface area contributed by atoms with Crippen LogP contribution in [0.2, 0.25) is 5.02 Å². The van der Waals surface area contributed by atoms with E-state index in [4.69, 9.17) is 16.3 Å². The molecule has 0 bridgehead atoms. The van der Waals surface area contributed by atoms with Gasteiger partial charge in [-0.25, -0.2) is 4.39 Å². The number of hydrogen-bond donors (Lipinski definition) is 1. The summed E-state index contributed by atoms with van der Waals surface area (Å²) in [5, 5.41) is 3.81. The van der Waals surface area contributed by atoms with Crippen LogP contribution < -0.4 is 10.1 Å². The molecule has 0 saturated carbocycles. The number of rotatable bonds is 4. The minimum atomic E-state index is -0.226. The molecule has 0 atom stereocenters. The van der Waals surface area contributed by atoms with Crippen molar-refractivity contribution >= 4 is 17.3 Å². The van der Waals surface area contributed by atoms with Crippen molar-refractivity contribution in [3.8, 4) is 5.75 Å². The smallest absolute Gasteiger partial charge is 0.128 e. The second-order valence-corrected chi connectivity index (χ2v) is 4.59. The zero-order chi connectivity index (χ0) is 13.8. The molecule has 0 aliphatic rings. The molecule has 0 amide bonds. The zero-order valence-electron chi connectivity index (χ0n) is 10.8. The minimum absolute atomic E-state index is 0.226. The van der Waals surface area contributed by atoms with Crippen LogP contribution in [0.3, 0.4) is 0 Å². The number of anilines is 1. The molecule has 0 unspecified atom stereocenters. The molecule has 0 aromatic heterocycles. The third kappa shape index (κ3) is 2.99. The van der Waals surface area contributed by atoms with Crippen LogP contribution >= 0.6 is 11.6 Å². The maximum Gasteiger partial charge on any atom is 0.128 e. The fraction of sp³-hybridized carbons (Fsp3) is 0.200. The molecular formula is C15H15ClFNO. The fourth-order valence-electron chi connectivity index (χ4n) is 1.88. The summed E-state index contributed by atoms with van der Waals surface area (Å²) in [6.45, 7) is 2.22. The number of halogens is 2. The average Bonchev–Trinajstić information content (AvgIpc) is 2.41. The van der Waals surface area contributed by atoms with Crippen molar-refractivity contribution in [2.75, 3.05) is 12.4 Å². The van der Waals surface area contributed by atoms with Gasteiger partial charge in [-0.05, 0) is 31.2 Å². The average molecular weight is 280 g/mol. The van der Waals surface area contributed by atoms with Gasteiger partial charge < -0.3 is 10.1 Å². The molecule has 0 spiro atoms. The van der Waals surface area contributed by atoms with Crippen molar-refractivity contribution in [2.24, 2.45) is 0 Å². The maximum absolute atomic E-state index is 13.4. The third-order valence-electron chi connectivity index (χ3n) is 3.02. The van der Waals surface area contributed by atoms with E-state index < -0.39 is 0 Å². The molecule has 2 aromatic carbocycles. The number of hydrogen-bond acceptors (Lipinski definition) is 2. The molecule has 0 aliphatic heterocycles. The van der Waals surface area contributed by atoms with E-state index in [0.717, 1.165) is 11.3 Å². The lowest BCUT2D eigenvalue weighted by molar-refractivity contribution is 0.410. The van der Waals surface area contributed by atoms with Gasteiger partial charge in [-0.1, -0.05) is 23.7 Å². The van der Waals surface area contributed by atoms with E-state index in [1.165, 1.54) is 6.07 Å². The third-order valence-corrected chi connectivity index (χ3v) is 3.37. The molecule has 19 heavy (non-hydrogen) atoms. The molecule has 0 radical (unpaired) electrons. The van der Waals surface area contributed by atoms with Gasteiger partial charge in [0.05, 0.1) is 7.11 Å². The summed E-state index contributed by atoms with van der Waals surface area (Å²) in [6.07, 6.45) is 0. The van der Waals surface area contributed by atoms with Crippen LogP contribution in [0.1, 0.15) is 11.1 Å². The highest BCUT2D eigenvalue weighted by Crippen LogP contribution is 2.27. The lowest BCUT2D eigenvalue weighted by Gasteiger charge is -2.13. The second-order valence-electron chi connectivity index (χ2n) is 4.19. The Morgan fingerprint density at radius 2 is 1.95 bits per heavy atom. The zero-order valence-corrected chi connectivity index (χ0v) is 11.6. The highest BCUT2D eigenvalue weighted by molar-refractivity contribution is 6.31. The molecule has 1 N–H and O–H groups in total. The van der Waals surface area contributed by atoms with Gasteiger partial charge in [0.25, 0.3) is 0 Å². The number of benzene rings is 2. The lowest BCUT2D eigenvalue weighted by atomic mass is 10.1. The Morgan fingerprint density at radius 1 is 1.21 bits per heavy atom. The van der Waals surface area contributed by atoms with Crippen molar-refractivity contribution in [3.63, 3.8) is 0 Å². The Balaban J connectivity index is 2.21. The maximum atomic E-state index is 13.4. The van der Waals surface area contributed by atoms with Crippen LogP contribution in [0.25, 0.3) is 0 Å². The Morgan fingerprint density at radius 3 is 2.68 bits per heavy atom.